The fraction of sp³-hybridized carbons (Fsp3) is 0.250. The summed E-state index contributed by atoms with van der Waals surface area (Å²) in [5, 5.41) is 3.18. The summed E-state index contributed by atoms with van der Waals surface area (Å²) < 4.78 is 23.3. The molecule has 28 heavy (non-hydrogen) atoms. The molecular weight excluding hydrogens is 374 g/mol. The van der Waals surface area contributed by atoms with Gasteiger partial charge in [-0.1, -0.05) is 6.07 Å². The highest BCUT2D eigenvalue weighted by Crippen LogP contribution is 2.29. The topological polar surface area (TPSA) is 88.1 Å². The van der Waals surface area contributed by atoms with Crippen molar-refractivity contribution in [3.8, 4) is 11.5 Å². The van der Waals surface area contributed by atoms with E-state index < -0.39 is 9.84 Å². The number of anilines is 2. The fourth-order valence-electron chi connectivity index (χ4n) is 3.35. The number of nitrogens with zero attached hydrogens (tertiary/aromatic N) is 4. The van der Waals surface area contributed by atoms with Crippen molar-refractivity contribution >= 4 is 21.3 Å². The van der Waals surface area contributed by atoms with Crippen LogP contribution >= 0.6 is 0 Å². The minimum atomic E-state index is -3.20. The van der Waals surface area contributed by atoms with E-state index in [9.17, 15) is 8.42 Å². The van der Waals surface area contributed by atoms with Crippen molar-refractivity contribution in [2.75, 3.05) is 30.1 Å². The lowest BCUT2D eigenvalue weighted by atomic mass is 10.0. The first-order valence-electron chi connectivity index (χ1n) is 9.00. The van der Waals surface area contributed by atoms with Gasteiger partial charge in [0.15, 0.2) is 15.7 Å². The van der Waals surface area contributed by atoms with Crippen LogP contribution in [0.25, 0.3) is 11.5 Å². The molecule has 1 aliphatic heterocycles. The zero-order valence-electron chi connectivity index (χ0n) is 15.8. The smallest absolute Gasteiger partial charge is 0.180 e. The lowest BCUT2D eigenvalue weighted by Gasteiger charge is -2.31. The predicted octanol–water partition coefficient (Wildman–Crippen LogP) is 2.55. The predicted molar refractivity (Wildman–Crippen MR) is 109 cm³/mol. The molecule has 0 amide bonds. The second kappa shape index (κ2) is 7.20. The molecule has 2 aromatic heterocycles. The maximum absolute atomic E-state index is 11.7. The Bertz CT molecular complexity index is 1080. The summed E-state index contributed by atoms with van der Waals surface area (Å²) in [5.74, 6) is 1.41. The molecule has 4 rings (SSSR count). The molecule has 0 bridgehead atoms. The highest BCUT2D eigenvalue weighted by Gasteiger charge is 2.23. The molecule has 1 aromatic carbocycles. The fourth-order valence-corrected chi connectivity index (χ4v) is 3.99. The quantitative estimate of drug-likeness (QED) is 0.726. The Balaban J connectivity index is 1.65. The summed E-state index contributed by atoms with van der Waals surface area (Å²) in [6.45, 7) is 1.46. The Labute approximate surface area is 164 Å². The average molecular weight is 395 g/mol. The molecule has 8 heteroatoms. The first-order valence-corrected chi connectivity index (χ1v) is 10.9. The maximum atomic E-state index is 11.7. The number of rotatable bonds is 4. The normalized spacial score (nSPS) is 13.9. The summed E-state index contributed by atoms with van der Waals surface area (Å²) >= 11 is 0. The lowest BCUT2D eigenvalue weighted by molar-refractivity contribution is 0.602. The minimum Gasteiger partial charge on any atom is -0.373 e. The van der Waals surface area contributed by atoms with E-state index >= 15 is 0 Å². The average Bonchev–Trinajstić information content (AvgIpc) is 2.72. The standard InChI is InChI=1S/C20H21N5O2S/c1-21-19-16-13-25(14-6-8-15(9-7-14)28(2,26)27)12-10-17(16)23-20(24-19)18-5-3-4-11-22-18/h3-9,11H,10,12-13H2,1-2H3,(H,21,23,24). The van der Waals surface area contributed by atoms with E-state index in [1.807, 2.05) is 37.4 Å². The van der Waals surface area contributed by atoms with Crippen LogP contribution in [0, 0.1) is 0 Å². The van der Waals surface area contributed by atoms with Crippen molar-refractivity contribution < 1.29 is 8.42 Å². The number of pyridine rings is 1. The summed E-state index contributed by atoms with van der Waals surface area (Å²) in [7, 11) is -1.34. The summed E-state index contributed by atoms with van der Waals surface area (Å²) in [4.78, 5) is 16.3. The largest absolute Gasteiger partial charge is 0.373 e. The van der Waals surface area contributed by atoms with Gasteiger partial charge in [0.1, 0.15) is 11.5 Å². The minimum absolute atomic E-state index is 0.327. The highest BCUT2D eigenvalue weighted by molar-refractivity contribution is 7.90. The van der Waals surface area contributed by atoms with E-state index in [1.165, 1.54) is 6.26 Å². The molecule has 0 aliphatic carbocycles. The van der Waals surface area contributed by atoms with Crippen LogP contribution in [0.5, 0.6) is 0 Å². The summed E-state index contributed by atoms with van der Waals surface area (Å²) in [5.41, 5.74) is 3.80. The van der Waals surface area contributed by atoms with Crippen molar-refractivity contribution in [2.24, 2.45) is 0 Å². The molecular formula is C20H21N5O2S. The van der Waals surface area contributed by atoms with Crippen LogP contribution in [-0.2, 0) is 22.8 Å². The van der Waals surface area contributed by atoms with Crippen LogP contribution in [0.2, 0.25) is 0 Å². The second-order valence-corrected chi connectivity index (χ2v) is 8.74. The molecule has 3 heterocycles. The second-order valence-electron chi connectivity index (χ2n) is 6.72. The molecule has 0 saturated carbocycles. The molecule has 1 N–H and O–H groups in total. The molecule has 0 atom stereocenters. The van der Waals surface area contributed by atoms with E-state index in [0.717, 1.165) is 41.4 Å². The Morgan fingerprint density at radius 1 is 1.07 bits per heavy atom. The number of sulfone groups is 1. The van der Waals surface area contributed by atoms with Crippen LogP contribution in [0.4, 0.5) is 11.5 Å². The zero-order valence-corrected chi connectivity index (χ0v) is 16.6. The Hall–Kier alpha value is -3.00. The Morgan fingerprint density at radius 3 is 2.50 bits per heavy atom. The lowest BCUT2D eigenvalue weighted by Crippen LogP contribution is -2.32. The molecule has 144 valence electrons. The van der Waals surface area contributed by atoms with Gasteiger partial charge in [0.2, 0.25) is 0 Å². The van der Waals surface area contributed by atoms with E-state index in [4.69, 9.17) is 4.98 Å². The molecule has 0 radical (unpaired) electrons. The van der Waals surface area contributed by atoms with Gasteiger partial charge in [-0.25, -0.2) is 18.4 Å². The number of hydrogen-bond donors (Lipinski definition) is 1. The third-order valence-corrected chi connectivity index (χ3v) is 5.95. The van der Waals surface area contributed by atoms with Crippen molar-refractivity contribution in [2.45, 2.75) is 17.9 Å². The molecule has 0 saturated heterocycles. The van der Waals surface area contributed by atoms with Crippen LogP contribution in [-0.4, -0.2) is 43.2 Å². The first-order chi connectivity index (χ1) is 13.5. The van der Waals surface area contributed by atoms with Crippen LogP contribution in [0.15, 0.2) is 53.6 Å². The Kier molecular flexibility index (Phi) is 4.72. The van der Waals surface area contributed by atoms with Gasteiger partial charge in [-0.05, 0) is 36.4 Å². The van der Waals surface area contributed by atoms with Crippen molar-refractivity contribution in [3.63, 3.8) is 0 Å². The number of aromatic nitrogens is 3. The van der Waals surface area contributed by atoms with Gasteiger partial charge in [-0.15, -0.1) is 0 Å². The number of nitrogens with one attached hydrogen (secondary N) is 1. The number of benzene rings is 1. The van der Waals surface area contributed by atoms with E-state index in [-0.39, 0.29) is 0 Å². The van der Waals surface area contributed by atoms with Crippen LogP contribution in [0.1, 0.15) is 11.3 Å². The van der Waals surface area contributed by atoms with Crippen molar-refractivity contribution in [1.29, 1.82) is 0 Å². The van der Waals surface area contributed by atoms with Gasteiger partial charge in [-0.3, -0.25) is 4.98 Å². The summed E-state index contributed by atoms with van der Waals surface area (Å²) in [6, 6.07) is 12.7. The van der Waals surface area contributed by atoms with Crippen molar-refractivity contribution in [1.82, 2.24) is 15.0 Å². The van der Waals surface area contributed by atoms with E-state index in [2.05, 4.69) is 20.2 Å². The van der Waals surface area contributed by atoms with Crippen molar-refractivity contribution in [3.05, 3.63) is 59.9 Å². The molecule has 0 spiro atoms. The SMILES string of the molecule is CNc1nc(-c2ccccn2)nc2c1CN(c1ccc(S(C)(=O)=O)cc1)CC2. The third-order valence-electron chi connectivity index (χ3n) is 4.82. The molecule has 7 nitrogen and oxygen atoms in total. The van der Waals surface area contributed by atoms with Gasteiger partial charge < -0.3 is 10.2 Å². The molecule has 0 fully saturated rings. The number of fused-ring (bicyclic) bond motifs is 1. The van der Waals surface area contributed by atoms with E-state index in [0.29, 0.717) is 17.3 Å². The monoisotopic (exact) mass is 395 g/mol. The van der Waals surface area contributed by atoms with Crippen LogP contribution < -0.4 is 10.2 Å². The van der Waals surface area contributed by atoms with Gasteiger partial charge >= 0.3 is 0 Å². The zero-order chi connectivity index (χ0) is 19.7. The maximum Gasteiger partial charge on any atom is 0.180 e. The van der Waals surface area contributed by atoms with Gasteiger partial charge in [0.05, 0.1) is 10.6 Å². The first kappa shape index (κ1) is 18.4. The molecule has 3 aromatic rings. The number of hydrogen-bond acceptors (Lipinski definition) is 7. The van der Waals surface area contributed by atoms with Gasteiger partial charge in [-0.2, -0.15) is 0 Å². The van der Waals surface area contributed by atoms with Gasteiger partial charge in [0.25, 0.3) is 0 Å². The van der Waals surface area contributed by atoms with E-state index in [1.54, 1.807) is 18.3 Å². The molecule has 1 aliphatic rings. The molecule has 0 unspecified atom stereocenters. The Morgan fingerprint density at radius 2 is 1.86 bits per heavy atom. The third kappa shape index (κ3) is 3.55. The van der Waals surface area contributed by atoms with Crippen LogP contribution in [0.3, 0.4) is 0 Å². The van der Waals surface area contributed by atoms with Gasteiger partial charge in [0, 0.05) is 50.3 Å². The summed E-state index contributed by atoms with van der Waals surface area (Å²) in [6.07, 6.45) is 3.73. The highest BCUT2D eigenvalue weighted by atomic mass is 32.2.